The van der Waals surface area contributed by atoms with Crippen molar-refractivity contribution >= 4 is 23.4 Å². The summed E-state index contributed by atoms with van der Waals surface area (Å²) in [5.41, 5.74) is 0.125. The standard InChI is InChI=1S/C17H13F3N4OS/c18-17(19,20)12-5-4-6-13(9-12)22-15(25)10-26-16-23-21-11-24(16)14-7-2-1-3-8-14/h1-9,11H,10H2,(H,22,25). The third kappa shape index (κ3) is 4.42. The Balaban J connectivity index is 1.63. The number of nitrogens with zero attached hydrogens (tertiary/aromatic N) is 3. The number of carbonyl (C=O) groups excluding carboxylic acids is 1. The van der Waals surface area contributed by atoms with Gasteiger partial charge in [0.25, 0.3) is 0 Å². The molecule has 0 aliphatic heterocycles. The van der Waals surface area contributed by atoms with E-state index in [0.717, 1.165) is 29.6 Å². The first kappa shape index (κ1) is 18.0. The van der Waals surface area contributed by atoms with Gasteiger partial charge >= 0.3 is 6.18 Å². The molecule has 3 rings (SSSR count). The highest BCUT2D eigenvalue weighted by Crippen LogP contribution is 2.30. The molecule has 0 spiro atoms. The van der Waals surface area contributed by atoms with E-state index in [1.54, 1.807) is 4.57 Å². The van der Waals surface area contributed by atoms with E-state index in [2.05, 4.69) is 15.5 Å². The topological polar surface area (TPSA) is 59.8 Å². The number of nitrogens with one attached hydrogen (secondary N) is 1. The van der Waals surface area contributed by atoms with Crippen LogP contribution >= 0.6 is 11.8 Å². The van der Waals surface area contributed by atoms with Crippen molar-refractivity contribution in [3.05, 3.63) is 66.5 Å². The van der Waals surface area contributed by atoms with Crippen LogP contribution in [0.25, 0.3) is 5.69 Å². The Morgan fingerprint density at radius 2 is 1.88 bits per heavy atom. The molecule has 9 heteroatoms. The van der Waals surface area contributed by atoms with Gasteiger partial charge in [-0.05, 0) is 30.3 Å². The van der Waals surface area contributed by atoms with Crippen molar-refractivity contribution in [1.29, 1.82) is 0 Å². The minimum atomic E-state index is -4.46. The molecule has 1 N–H and O–H groups in total. The quantitative estimate of drug-likeness (QED) is 0.682. The number of carbonyl (C=O) groups is 1. The average Bonchev–Trinajstić information content (AvgIpc) is 3.09. The van der Waals surface area contributed by atoms with Gasteiger partial charge in [-0.15, -0.1) is 10.2 Å². The maximum atomic E-state index is 12.7. The molecule has 5 nitrogen and oxygen atoms in total. The Bertz CT molecular complexity index is 896. The molecular weight excluding hydrogens is 365 g/mol. The monoisotopic (exact) mass is 378 g/mol. The number of halogens is 3. The summed E-state index contributed by atoms with van der Waals surface area (Å²) in [6.07, 6.45) is -2.93. The minimum absolute atomic E-state index is 0.0121. The van der Waals surface area contributed by atoms with Crippen LogP contribution in [-0.2, 0) is 11.0 Å². The molecule has 0 atom stereocenters. The van der Waals surface area contributed by atoms with E-state index in [1.807, 2.05) is 30.3 Å². The Hall–Kier alpha value is -2.81. The molecule has 0 fully saturated rings. The summed E-state index contributed by atoms with van der Waals surface area (Å²) in [6.45, 7) is 0. The third-order valence-electron chi connectivity index (χ3n) is 3.36. The number of rotatable bonds is 5. The van der Waals surface area contributed by atoms with Crippen molar-refractivity contribution in [2.24, 2.45) is 0 Å². The first-order valence-corrected chi connectivity index (χ1v) is 8.47. The summed E-state index contributed by atoms with van der Waals surface area (Å²) in [5.74, 6) is -0.446. The first-order chi connectivity index (χ1) is 12.4. The summed E-state index contributed by atoms with van der Waals surface area (Å²) in [4.78, 5) is 12.0. The van der Waals surface area contributed by atoms with Crippen LogP contribution in [-0.4, -0.2) is 26.4 Å². The van der Waals surface area contributed by atoms with E-state index in [-0.39, 0.29) is 11.4 Å². The lowest BCUT2D eigenvalue weighted by Gasteiger charge is -2.10. The van der Waals surface area contributed by atoms with Gasteiger partial charge in [0.15, 0.2) is 5.16 Å². The summed E-state index contributed by atoms with van der Waals surface area (Å²) >= 11 is 1.14. The smallest absolute Gasteiger partial charge is 0.325 e. The third-order valence-corrected chi connectivity index (χ3v) is 4.30. The summed E-state index contributed by atoms with van der Waals surface area (Å²) in [7, 11) is 0. The number of alkyl halides is 3. The molecule has 0 unspecified atom stereocenters. The van der Waals surface area contributed by atoms with Crippen LogP contribution in [0.15, 0.2) is 66.1 Å². The number of aromatic nitrogens is 3. The van der Waals surface area contributed by atoms with Crippen molar-refractivity contribution in [2.45, 2.75) is 11.3 Å². The predicted octanol–water partition coefficient (Wildman–Crippen LogP) is 4.02. The number of hydrogen-bond donors (Lipinski definition) is 1. The van der Waals surface area contributed by atoms with Crippen LogP contribution in [0.3, 0.4) is 0 Å². The van der Waals surface area contributed by atoms with Gasteiger partial charge in [-0.25, -0.2) is 0 Å². The van der Waals surface area contributed by atoms with Crippen LogP contribution in [0.5, 0.6) is 0 Å². The lowest BCUT2D eigenvalue weighted by atomic mass is 10.2. The second kappa shape index (κ2) is 7.61. The zero-order valence-corrected chi connectivity index (χ0v) is 14.1. The molecule has 0 bridgehead atoms. The molecule has 1 amide bonds. The van der Waals surface area contributed by atoms with Crippen molar-refractivity contribution in [3.8, 4) is 5.69 Å². The van der Waals surface area contributed by atoms with E-state index in [1.165, 1.54) is 18.5 Å². The number of amides is 1. The lowest BCUT2D eigenvalue weighted by molar-refractivity contribution is -0.137. The number of anilines is 1. The van der Waals surface area contributed by atoms with E-state index in [9.17, 15) is 18.0 Å². The van der Waals surface area contributed by atoms with E-state index in [4.69, 9.17) is 0 Å². The van der Waals surface area contributed by atoms with Crippen molar-refractivity contribution in [3.63, 3.8) is 0 Å². The van der Waals surface area contributed by atoms with Gasteiger partial charge in [-0.1, -0.05) is 36.0 Å². The fourth-order valence-corrected chi connectivity index (χ4v) is 2.92. The highest BCUT2D eigenvalue weighted by molar-refractivity contribution is 7.99. The number of benzene rings is 2. The average molecular weight is 378 g/mol. The fraction of sp³-hybridized carbons (Fsp3) is 0.118. The number of para-hydroxylation sites is 1. The maximum Gasteiger partial charge on any atom is 0.416 e. The van der Waals surface area contributed by atoms with Crippen molar-refractivity contribution in [2.75, 3.05) is 11.1 Å². The molecular formula is C17H13F3N4OS. The zero-order chi connectivity index (χ0) is 18.6. The highest BCUT2D eigenvalue weighted by Gasteiger charge is 2.30. The number of thioether (sulfide) groups is 1. The largest absolute Gasteiger partial charge is 0.416 e. The van der Waals surface area contributed by atoms with E-state index < -0.39 is 17.6 Å². The molecule has 1 heterocycles. The molecule has 0 radical (unpaired) electrons. The Morgan fingerprint density at radius 3 is 2.62 bits per heavy atom. The second-order valence-corrected chi connectivity index (χ2v) is 6.18. The van der Waals surface area contributed by atoms with Crippen LogP contribution < -0.4 is 5.32 Å². The van der Waals surface area contributed by atoms with Crippen LogP contribution in [0, 0.1) is 0 Å². The van der Waals surface area contributed by atoms with Gasteiger partial charge in [0.1, 0.15) is 6.33 Å². The molecule has 0 aliphatic rings. The van der Waals surface area contributed by atoms with Gasteiger partial charge in [0, 0.05) is 11.4 Å². The summed E-state index contributed by atoms with van der Waals surface area (Å²) in [5, 5.41) is 10.8. The van der Waals surface area contributed by atoms with Gasteiger partial charge < -0.3 is 5.32 Å². The molecule has 0 saturated heterocycles. The van der Waals surface area contributed by atoms with E-state index in [0.29, 0.717) is 5.16 Å². The van der Waals surface area contributed by atoms with E-state index >= 15 is 0 Å². The predicted molar refractivity (Wildman–Crippen MR) is 92.2 cm³/mol. The Labute approximate surface area is 151 Å². The van der Waals surface area contributed by atoms with Gasteiger partial charge in [0.05, 0.1) is 11.3 Å². The van der Waals surface area contributed by atoms with Crippen molar-refractivity contribution in [1.82, 2.24) is 14.8 Å². The van der Waals surface area contributed by atoms with Gasteiger partial charge in [0.2, 0.25) is 5.91 Å². The second-order valence-electron chi connectivity index (χ2n) is 5.23. The minimum Gasteiger partial charge on any atom is -0.325 e. The molecule has 0 saturated carbocycles. The number of hydrogen-bond acceptors (Lipinski definition) is 4. The molecule has 134 valence electrons. The first-order valence-electron chi connectivity index (χ1n) is 7.49. The molecule has 0 aliphatic carbocycles. The SMILES string of the molecule is O=C(CSc1nncn1-c1ccccc1)Nc1cccc(C(F)(F)F)c1. The highest BCUT2D eigenvalue weighted by atomic mass is 32.2. The lowest BCUT2D eigenvalue weighted by Crippen LogP contribution is -2.15. The maximum absolute atomic E-state index is 12.7. The molecule has 26 heavy (non-hydrogen) atoms. The Morgan fingerprint density at radius 1 is 1.12 bits per heavy atom. The van der Waals surface area contributed by atoms with Crippen LogP contribution in [0.2, 0.25) is 0 Å². The summed E-state index contributed by atoms with van der Waals surface area (Å²) in [6, 6.07) is 13.9. The van der Waals surface area contributed by atoms with Crippen LogP contribution in [0.1, 0.15) is 5.56 Å². The van der Waals surface area contributed by atoms with Gasteiger partial charge in [-0.2, -0.15) is 13.2 Å². The molecule has 1 aromatic heterocycles. The van der Waals surface area contributed by atoms with Crippen LogP contribution in [0.4, 0.5) is 18.9 Å². The normalized spacial score (nSPS) is 11.3. The fourth-order valence-electron chi connectivity index (χ4n) is 2.19. The van der Waals surface area contributed by atoms with Crippen molar-refractivity contribution < 1.29 is 18.0 Å². The molecule has 3 aromatic rings. The van der Waals surface area contributed by atoms with Gasteiger partial charge in [-0.3, -0.25) is 9.36 Å². The zero-order valence-electron chi connectivity index (χ0n) is 13.3. The summed E-state index contributed by atoms with van der Waals surface area (Å²) < 4.78 is 39.9. The molecule has 2 aromatic carbocycles. The Kier molecular flexibility index (Phi) is 5.27.